The summed E-state index contributed by atoms with van der Waals surface area (Å²) in [5.41, 5.74) is 2.97. The molecule has 1 amide bonds. The Morgan fingerprint density at radius 1 is 0.926 bits per heavy atom. The van der Waals surface area contributed by atoms with Crippen molar-refractivity contribution in [3.63, 3.8) is 0 Å². The molecule has 0 radical (unpaired) electrons. The summed E-state index contributed by atoms with van der Waals surface area (Å²) in [5, 5.41) is 5.10. The van der Waals surface area contributed by atoms with E-state index in [4.69, 9.17) is 0 Å². The van der Waals surface area contributed by atoms with Gasteiger partial charge in [-0.3, -0.25) is 20.1 Å². The van der Waals surface area contributed by atoms with Crippen LogP contribution in [0.3, 0.4) is 0 Å². The van der Waals surface area contributed by atoms with Gasteiger partial charge in [-0.2, -0.15) is 0 Å². The minimum atomic E-state index is -0.342. The van der Waals surface area contributed by atoms with Crippen molar-refractivity contribution in [2.24, 2.45) is 0 Å². The number of rotatable bonds is 4. The second-order valence-electron chi connectivity index (χ2n) is 5.61. The fourth-order valence-corrected chi connectivity index (χ4v) is 3.25. The molecular weight excluding hydrogens is 363 g/mol. The van der Waals surface area contributed by atoms with Gasteiger partial charge < -0.3 is 0 Å². The number of benzene rings is 1. The number of thiazole rings is 1. The fraction of sp³-hybridized carbons (Fsp3) is 0. The number of halogens is 1. The smallest absolute Gasteiger partial charge is 0.259 e. The lowest BCUT2D eigenvalue weighted by molar-refractivity contribution is 0.102. The Morgan fingerprint density at radius 3 is 2.52 bits per heavy atom. The molecule has 0 aliphatic rings. The van der Waals surface area contributed by atoms with E-state index in [1.165, 1.54) is 23.5 Å². The van der Waals surface area contributed by atoms with Crippen LogP contribution in [0.4, 0.5) is 9.52 Å². The first-order valence-corrected chi connectivity index (χ1v) is 8.98. The van der Waals surface area contributed by atoms with Gasteiger partial charge in [0.2, 0.25) is 0 Å². The molecule has 0 fully saturated rings. The van der Waals surface area contributed by atoms with Crippen molar-refractivity contribution in [1.29, 1.82) is 0 Å². The first-order valence-electron chi connectivity index (χ1n) is 8.10. The van der Waals surface area contributed by atoms with Crippen molar-refractivity contribution in [3.05, 3.63) is 83.8 Å². The third-order valence-electron chi connectivity index (χ3n) is 3.82. The highest BCUT2D eigenvalue weighted by molar-refractivity contribution is 7.14. The van der Waals surface area contributed by atoms with Crippen molar-refractivity contribution in [2.75, 3.05) is 5.32 Å². The molecule has 0 aliphatic carbocycles. The third kappa shape index (κ3) is 3.73. The van der Waals surface area contributed by atoms with Crippen molar-refractivity contribution in [1.82, 2.24) is 15.0 Å². The average molecular weight is 376 g/mol. The monoisotopic (exact) mass is 376 g/mol. The van der Waals surface area contributed by atoms with Crippen LogP contribution in [0.2, 0.25) is 0 Å². The number of aromatic nitrogens is 3. The van der Waals surface area contributed by atoms with E-state index in [1.807, 2.05) is 23.6 Å². The molecule has 4 rings (SSSR count). The molecule has 1 aromatic carbocycles. The Bertz CT molecular complexity index is 1080. The number of amides is 1. The maximum atomic E-state index is 13.2. The molecule has 0 spiro atoms. The largest absolute Gasteiger partial charge is 0.298 e. The number of carbonyl (C=O) groups is 1. The van der Waals surface area contributed by atoms with Crippen LogP contribution in [0, 0.1) is 5.82 Å². The van der Waals surface area contributed by atoms with Crippen molar-refractivity contribution < 1.29 is 9.18 Å². The lowest BCUT2D eigenvalue weighted by atomic mass is 10.1. The van der Waals surface area contributed by atoms with Crippen LogP contribution < -0.4 is 5.32 Å². The molecule has 0 bridgehead atoms. The zero-order valence-corrected chi connectivity index (χ0v) is 14.8. The maximum absolute atomic E-state index is 13.2. The van der Waals surface area contributed by atoms with E-state index in [1.54, 1.807) is 36.7 Å². The summed E-state index contributed by atoms with van der Waals surface area (Å²) < 4.78 is 13.2. The van der Waals surface area contributed by atoms with Crippen LogP contribution in [0.15, 0.2) is 72.4 Å². The van der Waals surface area contributed by atoms with Gasteiger partial charge in [-0.15, -0.1) is 11.3 Å². The lowest BCUT2D eigenvalue weighted by Crippen LogP contribution is -2.13. The predicted octanol–water partition coefficient (Wildman–Crippen LogP) is 4.66. The van der Waals surface area contributed by atoms with Crippen LogP contribution >= 0.6 is 11.3 Å². The van der Waals surface area contributed by atoms with Crippen molar-refractivity contribution in [2.45, 2.75) is 0 Å². The van der Waals surface area contributed by atoms with Gasteiger partial charge in [0.15, 0.2) is 5.13 Å². The van der Waals surface area contributed by atoms with Crippen LogP contribution in [0.1, 0.15) is 10.4 Å². The zero-order chi connectivity index (χ0) is 18.6. The molecule has 0 saturated carbocycles. The highest BCUT2D eigenvalue weighted by Crippen LogP contribution is 2.26. The minimum Gasteiger partial charge on any atom is -0.298 e. The van der Waals surface area contributed by atoms with Crippen LogP contribution in [-0.4, -0.2) is 20.9 Å². The van der Waals surface area contributed by atoms with E-state index in [2.05, 4.69) is 20.3 Å². The topological polar surface area (TPSA) is 67.8 Å². The van der Waals surface area contributed by atoms with Crippen LogP contribution in [0.25, 0.3) is 22.6 Å². The first kappa shape index (κ1) is 17.0. The Labute approximate surface area is 158 Å². The van der Waals surface area contributed by atoms with E-state index in [-0.39, 0.29) is 11.7 Å². The van der Waals surface area contributed by atoms with Gasteiger partial charge >= 0.3 is 0 Å². The maximum Gasteiger partial charge on any atom is 0.259 e. The standard InChI is InChI=1S/C20H13FN4OS/c21-14-8-6-13(7-9-14)18-15(4-3-11-23-18)19(26)25-20-24-17(12-27-20)16-5-1-2-10-22-16/h1-12H,(H,24,25,26). The van der Waals surface area contributed by atoms with Crippen LogP contribution in [-0.2, 0) is 0 Å². The van der Waals surface area contributed by atoms with Gasteiger partial charge in [0.1, 0.15) is 11.5 Å². The summed E-state index contributed by atoms with van der Waals surface area (Å²) in [6, 6.07) is 14.8. The van der Waals surface area contributed by atoms with E-state index in [0.717, 1.165) is 5.69 Å². The number of carbonyl (C=O) groups excluding carboxylic acids is 1. The Hall–Kier alpha value is -3.45. The second kappa shape index (κ2) is 7.43. The van der Waals surface area contributed by atoms with Gasteiger partial charge in [0.05, 0.1) is 17.0 Å². The molecule has 0 unspecified atom stereocenters. The number of pyridine rings is 2. The summed E-state index contributed by atoms with van der Waals surface area (Å²) in [5.74, 6) is -0.671. The molecule has 0 saturated heterocycles. The summed E-state index contributed by atoms with van der Waals surface area (Å²) in [6.07, 6.45) is 3.29. The molecule has 0 atom stereocenters. The van der Waals surface area contributed by atoms with Crippen molar-refractivity contribution in [3.8, 4) is 22.6 Å². The van der Waals surface area contributed by atoms with Crippen molar-refractivity contribution >= 4 is 22.4 Å². The number of hydrogen-bond acceptors (Lipinski definition) is 5. The average Bonchev–Trinajstić information content (AvgIpc) is 3.18. The zero-order valence-electron chi connectivity index (χ0n) is 14.0. The molecule has 7 heteroatoms. The summed E-state index contributed by atoms with van der Waals surface area (Å²) in [6.45, 7) is 0. The van der Waals surface area contributed by atoms with Crippen LogP contribution in [0.5, 0.6) is 0 Å². The SMILES string of the molecule is O=C(Nc1nc(-c2ccccn2)cs1)c1cccnc1-c1ccc(F)cc1. The molecule has 3 aromatic heterocycles. The van der Waals surface area contributed by atoms with E-state index < -0.39 is 0 Å². The number of hydrogen-bond donors (Lipinski definition) is 1. The van der Waals surface area contributed by atoms with Gasteiger partial charge in [0.25, 0.3) is 5.91 Å². The highest BCUT2D eigenvalue weighted by Gasteiger charge is 2.16. The molecule has 4 aromatic rings. The summed E-state index contributed by atoms with van der Waals surface area (Å²) >= 11 is 1.32. The molecule has 3 heterocycles. The third-order valence-corrected chi connectivity index (χ3v) is 4.58. The number of nitrogens with one attached hydrogen (secondary N) is 1. The normalized spacial score (nSPS) is 10.6. The molecular formula is C20H13FN4OS. The first-order chi connectivity index (χ1) is 13.2. The van der Waals surface area contributed by atoms with E-state index in [0.29, 0.717) is 27.6 Å². The minimum absolute atomic E-state index is 0.329. The summed E-state index contributed by atoms with van der Waals surface area (Å²) in [7, 11) is 0. The molecule has 5 nitrogen and oxygen atoms in total. The Morgan fingerprint density at radius 2 is 1.74 bits per heavy atom. The quantitative estimate of drug-likeness (QED) is 0.563. The predicted molar refractivity (Wildman–Crippen MR) is 103 cm³/mol. The fourth-order valence-electron chi connectivity index (χ4n) is 2.55. The Kier molecular flexibility index (Phi) is 4.67. The number of anilines is 1. The molecule has 27 heavy (non-hydrogen) atoms. The van der Waals surface area contributed by atoms with Gasteiger partial charge in [-0.25, -0.2) is 9.37 Å². The van der Waals surface area contributed by atoms with Gasteiger partial charge in [-0.1, -0.05) is 6.07 Å². The van der Waals surface area contributed by atoms with Gasteiger partial charge in [-0.05, 0) is 48.5 Å². The van der Waals surface area contributed by atoms with E-state index in [9.17, 15) is 9.18 Å². The van der Waals surface area contributed by atoms with E-state index >= 15 is 0 Å². The highest BCUT2D eigenvalue weighted by atomic mass is 32.1. The van der Waals surface area contributed by atoms with Gasteiger partial charge in [0, 0.05) is 23.3 Å². The molecule has 132 valence electrons. The molecule has 1 N–H and O–H groups in total. The lowest BCUT2D eigenvalue weighted by Gasteiger charge is -2.08. The molecule has 0 aliphatic heterocycles. The second-order valence-corrected chi connectivity index (χ2v) is 6.47. The summed E-state index contributed by atoms with van der Waals surface area (Å²) in [4.78, 5) is 25.7. The number of nitrogens with zero attached hydrogens (tertiary/aromatic N) is 3. The Balaban J connectivity index is 1.59.